The van der Waals surface area contributed by atoms with Crippen molar-refractivity contribution < 1.29 is 4.74 Å². The highest BCUT2D eigenvalue weighted by molar-refractivity contribution is 4.86. The largest absolute Gasteiger partial charge is 0.379 e. The Morgan fingerprint density at radius 1 is 1.33 bits per heavy atom. The Balaban J connectivity index is 2.70. The molecule has 0 bridgehead atoms. The fraction of sp³-hybridized carbons (Fsp3) is 1.00. The summed E-state index contributed by atoms with van der Waals surface area (Å²) in [6, 6.07) is 1.18. The Morgan fingerprint density at radius 3 is 2.61 bits per heavy atom. The first-order valence-electron chi connectivity index (χ1n) is 7.55. The molecule has 2 atom stereocenters. The highest BCUT2D eigenvalue weighted by Gasteiger charge is 2.30. The Morgan fingerprint density at radius 2 is 2.06 bits per heavy atom. The third kappa shape index (κ3) is 4.52. The number of ether oxygens (including phenoxy) is 1. The summed E-state index contributed by atoms with van der Waals surface area (Å²) in [7, 11) is 1.80. The van der Waals surface area contributed by atoms with E-state index in [1.807, 2.05) is 0 Å². The lowest BCUT2D eigenvalue weighted by molar-refractivity contribution is -0.0142. The minimum Gasteiger partial charge on any atom is -0.379 e. The summed E-state index contributed by atoms with van der Waals surface area (Å²) in [5.74, 6) is 0. The second-order valence-corrected chi connectivity index (χ2v) is 6.21. The van der Waals surface area contributed by atoms with Crippen molar-refractivity contribution in [3.05, 3.63) is 0 Å². The molecule has 0 amide bonds. The van der Waals surface area contributed by atoms with Crippen molar-refractivity contribution in [1.29, 1.82) is 0 Å². The molecule has 0 spiro atoms. The number of methoxy groups -OCH3 is 1. The van der Waals surface area contributed by atoms with Crippen LogP contribution in [0.4, 0.5) is 0 Å². The lowest BCUT2D eigenvalue weighted by atomic mass is 9.95. The smallest absolute Gasteiger partial charge is 0.0638 e. The van der Waals surface area contributed by atoms with Crippen LogP contribution in [-0.2, 0) is 4.74 Å². The molecule has 1 fully saturated rings. The van der Waals surface area contributed by atoms with Gasteiger partial charge in [-0.15, -0.1) is 0 Å². The van der Waals surface area contributed by atoms with E-state index in [0.29, 0.717) is 12.1 Å². The highest BCUT2D eigenvalue weighted by Crippen LogP contribution is 2.26. The van der Waals surface area contributed by atoms with Gasteiger partial charge in [-0.1, -0.05) is 19.8 Å². The monoisotopic (exact) mass is 256 g/mol. The van der Waals surface area contributed by atoms with Crippen LogP contribution in [0.1, 0.15) is 59.3 Å². The van der Waals surface area contributed by atoms with Gasteiger partial charge in [0.25, 0.3) is 0 Å². The first kappa shape index (κ1) is 15.9. The lowest BCUT2D eigenvalue weighted by Gasteiger charge is -2.39. The summed E-state index contributed by atoms with van der Waals surface area (Å²) in [5.41, 5.74) is 5.96. The van der Waals surface area contributed by atoms with Crippen molar-refractivity contribution in [2.24, 2.45) is 5.73 Å². The van der Waals surface area contributed by atoms with Crippen molar-refractivity contribution in [2.45, 2.75) is 77.0 Å². The summed E-state index contributed by atoms with van der Waals surface area (Å²) in [6.45, 7) is 8.57. The van der Waals surface area contributed by atoms with E-state index in [0.717, 1.165) is 13.0 Å². The van der Waals surface area contributed by atoms with E-state index in [1.54, 1.807) is 7.11 Å². The van der Waals surface area contributed by atoms with Gasteiger partial charge in [0, 0.05) is 25.7 Å². The van der Waals surface area contributed by atoms with E-state index in [2.05, 4.69) is 25.7 Å². The third-order valence-corrected chi connectivity index (χ3v) is 4.41. The van der Waals surface area contributed by atoms with E-state index in [9.17, 15) is 0 Å². The van der Waals surface area contributed by atoms with Gasteiger partial charge >= 0.3 is 0 Å². The standard InChI is InChI=1S/C15H32N2O/c1-5-13-9-7-6-8-10-17(13)14(12-16)11-15(2,3)18-4/h13-14H,5-12,16H2,1-4H3. The molecule has 1 aliphatic rings. The number of likely N-dealkylation sites (tertiary alicyclic amines) is 1. The van der Waals surface area contributed by atoms with Crippen LogP contribution in [0.2, 0.25) is 0 Å². The average Bonchev–Trinajstić information content (AvgIpc) is 2.61. The van der Waals surface area contributed by atoms with E-state index < -0.39 is 0 Å². The molecule has 0 aromatic carbocycles. The molecule has 0 saturated carbocycles. The van der Waals surface area contributed by atoms with Gasteiger partial charge in [-0.05, 0) is 46.1 Å². The predicted octanol–water partition coefficient (Wildman–Crippen LogP) is 2.78. The SMILES string of the molecule is CCC1CCCCCN1C(CN)CC(C)(C)OC. The number of hydrogen-bond acceptors (Lipinski definition) is 3. The Kier molecular flexibility index (Phi) is 6.61. The lowest BCUT2D eigenvalue weighted by Crippen LogP contribution is -2.49. The third-order valence-electron chi connectivity index (χ3n) is 4.41. The van der Waals surface area contributed by atoms with Crippen molar-refractivity contribution >= 4 is 0 Å². The minimum absolute atomic E-state index is 0.0748. The van der Waals surface area contributed by atoms with Crippen LogP contribution in [0.3, 0.4) is 0 Å². The molecule has 1 heterocycles. The molecule has 0 aliphatic carbocycles. The first-order valence-corrected chi connectivity index (χ1v) is 7.55. The van der Waals surface area contributed by atoms with Gasteiger partial charge in [0.2, 0.25) is 0 Å². The number of hydrogen-bond donors (Lipinski definition) is 1. The van der Waals surface area contributed by atoms with Gasteiger partial charge in [0.15, 0.2) is 0 Å². The summed E-state index contributed by atoms with van der Waals surface area (Å²) < 4.78 is 5.58. The summed E-state index contributed by atoms with van der Waals surface area (Å²) >= 11 is 0. The second-order valence-electron chi connectivity index (χ2n) is 6.21. The van der Waals surface area contributed by atoms with Gasteiger partial charge in [0.05, 0.1) is 5.60 Å². The van der Waals surface area contributed by atoms with Gasteiger partial charge in [0.1, 0.15) is 0 Å². The fourth-order valence-corrected chi connectivity index (χ4v) is 3.11. The second kappa shape index (κ2) is 7.46. The quantitative estimate of drug-likeness (QED) is 0.794. The molecule has 1 saturated heterocycles. The molecular weight excluding hydrogens is 224 g/mol. The molecule has 0 radical (unpaired) electrons. The number of rotatable bonds is 6. The maximum atomic E-state index is 6.04. The van der Waals surface area contributed by atoms with Crippen LogP contribution in [0.25, 0.3) is 0 Å². The van der Waals surface area contributed by atoms with E-state index in [1.165, 1.54) is 38.6 Å². The van der Waals surface area contributed by atoms with Gasteiger partial charge < -0.3 is 10.5 Å². The average molecular weight is 256 g/mol. The maximum Gasteiger partial charge on any atom is 0.0638 e. The Hall–Kier alpha value is -0.120. The van der Waals surface area contributed by atoms with Crippen LogP contribution in [0.5, 0.6) is 0 Å². The molecular formula is C15H32N2O. The summed E-state index contributed by atoms with van der Waals surface area (Å²) in [5, 5.41) is 0. The van der Waals surface area contributed by atoms with Crippen molar-refractivity contribution in [1.82, 2.24) is 4.90 Å². The molecule has 3 heteroatoms. The Labute approximate surface area is 113 Å². The summed E-state index contributed by atoms with van der Waals surface area (Å²) in [6.07, 6.45) is 7.67. The fourth-order valence-electron chi connectivity index (χ4n) is 3.11. The molecule has 3 nitrogen and oxygen atoms in total. The maximum absolute atomic E-state index is 6.04. The Bertz CT molecular complexity index is 231. The molecule has 2 N–H and O–H groups in total. The van der Waals surface area contributed by atoms with Crippen LogP contribution >= 0.6 is 0 Å². The molecule has 1 aliphatic heterocycles. The van der Waals surface area contributed by atoms with Crippen LogP contribution in [0, 0.1) is 0 Å². The zero-order valence-corrected chi connectivity index (χ0v) is 12.7. The van der Waals surface area contributed by atoms with Crippen LogP contribution in [0.15, 0.2) is 0 Å². The van der Waals surface area contributed by atoms with Gasteiger partial charge in [-0.25, -0.2) is 0 Å². The van der Waals surface area contributed by atoms with Crippen molar-refractivity contribution in [3.8, 4) is 0 Å². The van der Waals surface area contributed by atoms with E-state index >= 15 is 0 Å². The highest BCUT2D eigenvalue weighted by atomic mass is 16.5. The van der Waals surface area contributed by atoms with Crippen LogP contribution in [-0.4, -0.2) is 42.8 Å². The van der Waals surface area contributed by atoms with Crippen molar-refractivity contribution in [2.75, 3.05) is 20.2 Å². The molecule has 0 aromatic heterocycles. The number of nitrogens with two attached hydrogens (primary N) is 1. The zero-order valence-electron chi connectivity index (χ0n) is 12.7. The van der Waals surface area contributed by atoms with Gasteiger partial charge in [-0.3, -0.25) is 4.90 Å². The number of nitrogens with zero attached hydrogens (tertiary/aromatic N) is 1. The van der Waals surface area contributed by atoms with E-state index in [-0.39, 0.29) is 5.60 Å². The van der Waals surface area contributed by atoms with E-state index in [4.69, 9.17) is 10.5 Å². The van der Waals surface area contributed by atoms with Crippen LogP contribution < -0.4 is 5.73 Å². The topological polar surface area (TPSA) is 38.5 Å². The van der Waals surface area contributed by atoms with Gasteiger partial charge in [-0.2, -0.15) is 0 Å². The molecule has 0 aromatic rings. The first-order chi connectivity index (χ1) is 8.54. The predicted molar refractivity (Wildman–Crippen MR) is 77.8 cm³/mol. The molecule has 1 rings (SSSR count). The minimum atomic E-state index is -0.0748. The molecule has 2 unspecified atom stereocenters. The summed E-state index contributed by atoms with van der Waals surface area (Å²) in [4.78, 5) is 2.66. The zero-order chi connectivity index (χ0) is 13.6. The van der Waals surface area contributed by atoms with Crippen molar-refractivity contribution in [3.63, 3.8) is 0 Å². The normalized spacial score (nSPS) is 24.8. The molecule has 18 heavy (non-hydrogen) atoms. The molecule has 108 valence electrons.